The molecular formula is C19H21N3O3. The van der Waals surface area contributed by atoms with Gasteiger partial charge in [-0.1, -0.05) is 18.2 Å². The van der Waals surface area contributed by atoms with E-state index in [-0.39, 0.29) is 24.3 Å². The van der Waals surface area contributed by atoms with Crippen LogP contribution in [-0.4, -0.2) is 30.9 Å². The van der Waals surface area contributed by atoms with E-state index in [1.54, 1.807) is 4.90 Å². The molecule has 2 aromatic carbocycles. The Morgan fingerprint density at radius 2 is 1.80 bits per heavy atom. The number of rotatable bonds is 6. The maximum Gasteiger partial charge on any atom is 0.229 e. The number of nitrogens with two attached hydrogens (primary N) is 1. The van der Waals surface area contributed by atoms with E-state index in [2.05, 4.69) is 5.32 Å². The number of anilines is 1. The number of nitrogens with one attached hydrogen (secondary N) is 1. The van der Waals surface area contributed by atoms with Gasteiger partial charge in [0.05, 0.1) is 6.04 Å². The highest BCUT2D eigenvalue weighted by Gasteiger charge is 2.31. The van der Waals surface area contributed by atoms with Crippen molar-refractivity contribution >= 4 is 17.5 Å². The molecule has 1 aliphatic heterocycles. The van der Waals surface area contributed by atoms with Crippen LogP contribution in [0, 0.1) is 0 Å². The Morgan fingerprint density at radius 1 is 1.12 bits per heavy atom. The minimum Gasteiger partial charge on any atom is -0.457 e. The summed E-state index contributed by atoms with van der Waals surface area (Å²) < 4.78 is 5.75. The van der Waals surface area contributed by atoms with Crippen molar-refractivity contribution in [3.05, 3.63) is 54.6 Å². The van der Waals surface area contributed by atoms with E-state index in [9.17, 15) is 9.59 Å². The Balaban J connectivity index is 1.62. The van der Waals surface area contributed by atoms with Crippen LogP contribution < -0.4 is 20.7 Å². The third-order valence-electron chi connectivity index (χ3n) is 3.99. The van der Waals surface area contributed by atoms with Crippen LogP contribution in [0.3, 0.4) is 0 Å². The van der Waals surface area contributed by atoms with Gasteiger partial charge in [-0.15, -0.1) is 0 Å². The monoisotopic (exact) mass is 339 g/mol. The molecule has 0 aliphatic carbocycles. The molecule has 1 heterocycles. The van der Waals surface area contributed by atoms with Gasteiger partial charge in [-0.05, 0) is 36.4 Å². The van der Waals surface area contributed by atoms with Crippen molar-refractivity contribution < 1.29 is 14.3 Å². The first-order chi connectivity index (χ1) is 12.2. The zero-order chi connectivity index (χ0) is 17.6. The molecule has 1 saturated heterocycles. The summed E-state index contributed by atoms with van der Waals surface area (Å²) in [6.45, 7) is 0.771. The number of nitrogens with zero attached hydrogens (tertiary/aromatic N) is 1. The first-order valence-electron chi connectivity index (χ1n) is 8.28. The van der Waals surface area contributed by atoms with Crippen molar-refractivity contribution in [2.75, 3.05) is 18.0 Å². The van der Waals surface area contributed by atoms with Crippen LogP contribution >= 0.6 is 0 Å². The lowest BCUT2D eigenvalue weighted by Crippen LogP contribution is -2.37. The molecule has 1 unspecified atom stereocenters. The highest BCUT2D eigenvalue weighted by molar-refractivity contribution is 5.96. The molecule has 25 heavy (non-hydrogen) atoms. The number of hydrogen-bond acceptors (Lipinski definition) is 4. The average Bonchev–Trinajstić information content (AvgIpc) is 2.97. The maximum atomic E-state index is 12.2. The lowest BCUT2D eigenvalue weighted by atomic mass is 10.2. The second-order valence-electron chi connectivity index (χ2n) is 5.92. The Labute approximate surface area is 146 Å². The zero-order valence-corrected chi connectivity index (χ0v) is 13.9. The molecule has 1 atom stereocenters. The van der Waals surface area contributed by atoms with Crippen molar-refractivity contribution in [3.8, 4) is 11.5 Å². The van der Waals surface area contributed by atoms with Crippen LogP contribution in [-0.2, 0) is 9.59 Å². The summed E-state index contributed by atoms with van der Waals surface area (Å²) in [6, 6.07) is 16.7. The summed E-state index contributed by atoms with van der Waals surface area (Å²) in [7, 11) is 0. The quantitative estimate of drug-likeness (QED) is 0.843. The van der Waals surface area contributed by atoms with Gasteiger partial charge in [0.2, 0.25) is 11.8 Å². The molecule has 0 bridgehead atoms. The Kier molecular flexibility index (Phi) is 5.30. The molecule has 0 saturated carbocycles. The predicted molar refractivity (Wildman–Crippen MR) is 95.5 cm³/mol. The fourth-order valence-electron chi connectivity index (χ4n) is 2.80. The third kappa shape index (κ3) is 4.36. The van der Waals surface area contributed by atoms with Gasteiger partial charge in [0.1, 0.15) is 11.5 Å². The van der Waals surface area contributed by atoms with Crippen molar-refractivity contribution in [2.45, 2.75) is 18.9 Å². The maximum absolute atomic E-state index is 12.2. The largest absolute Gasteiger partial charge is 0.457 e. The number of benzene rings is 2. The first kappa shape index (κ1) is 17.0. The molecule has 6 nitrogen and oxygen atoms in total. The van der Waals surface area contributed by atoms with Gasteiger partial charge in [-0.2, -0.15) is 0 Å². The summed E-state index contributed by atoms with van der Waals surface area (Å²) in [5.74, 6) is 1.34. The summed E-state index contributed by atoms with van der Waals surface area (Å²) in [6.07, 6.45) is 0.578. The van der Waals surface area contributed by atoms with Gasteiger partial charge in [-0.25, -0.2) is 0 Å². The van der Waals surface area contributed by atoms with E-state index < -0.39 is 0 Å². The Bertz CT molecular complexity index is 731. The molecule has 1 aliphatic rings. The molecule has 3 N–H and O–H groups in total. The molecule has 6 heteroatoms. The number of carbonyl (C=O) groups is 2. The fourth-order valence-corrected chi connectivity index (χ4v) is 2.80. The van der Waals surface area contributed by atoms with Gasteiger partial charge >= 0.3 is 0 Å². The number of carbonyl (C=O) groups excluding carboxylic acids is 2. The van der Waals surface area contributed by atoms with Gasteiger partial charge in [0.25, 0.3) is 0 Å². The van der Waals surface area contributed by atoms with E-state index in [1.165, 1.54) is 0 Å². The Morgan fingerprint density at radius 3 is 2.48 bits per heavy atom. The van der Waals surface area contributed by atoms with Gasteiger partial charge in [0, 0.05) is 31.6 Å². The topological polar surface area (TPSA) is 84.7 Å². The van der Waals surface area contributed by atoms with Crippen LogP contribution in [0.25, 0.3) is 0 Å². The van der Waals surface area contributed by atoms with Crippen molar-refractivity contribution in [2.24, 2.45) is 5.73 Å². The van der Waals surface area contributed by atoms with Crippen molar-refractivity contribution in [1.82, 2.24) is 5.32 Å². The lowest BCUT2D eigenvalue weighted by molar-refractivity contribution is -0.121. The highest BCUT2D eigenvalue weighted by Crippen LogP contribution is 2.26. The molecule has 130 valence electrons. The van der Waals surface area contributed by atoms with Crippen molar-refractivity contribution in [1.29, 1.82) is 0 Å². The minimum absolute atomic E-state index is 0.00484. The smallest absolute Gasteiger partial charge is 0.229 e. The minimum atomic E-state index is -0.174. The van der Waals surface area contributed by atoms with Gasteiger partial charge in [-0.3, -0.25) is 9.59 Å². The first-order valence-corrected chi connectivity index (χ1v) is 8.28. The van der Waals surface area contributed by atoms with Crippen LogP contribution in [0.2, 0.25) is 0 Å². The van der Waals surface area contributed by atoms with Crippen LogP contribution in [0.15, 0.2) is 54.6 Å². The molecule has 2 amide bonds. The summed E-state index contributed by atoms with van der Waals surface area (Å²) >= 11 is 0. The van der Waals surface area contributed by atoms with Crippen LogP contribution in [0.4, 0.5) is 5.69 Å². The molecule has 1 fully saturated rings. The molecule has 3 rings (SSSR count). The number of para-hydroxylation sites is 1. The normalized spacial score (nSPS) is 16.8. The lowest BCUT2D eigenvalue weighted by Gasteiger charge is -2.17. The number of hydrogen-bond donors (Lipinski definition) is 2. The number of ether oxygens (including phenoxy) is 1. The average molecular weight is 339 g/mol. The zero-order valence-electron chi connectivity index (χ0n) is 13.9. The van der Waals surface area contributed by atoms with Gasteiger partial charge < -0.3 is 20.7 Å². The standard InChI is InChI=1S/C19H21N3O3/c20-11-10-18(23)21-14-12-19(24)22(13-14)15-6-8-17(9-7-15)25-16-4-2-1-3-5-16/h1-9,14H,10-13,20H2,(H,21,23). The summed E-state index contributed by atoms with van der Waals surface area (Å²) in [5, 5.41) is 2.85. The fraction of sp³-hybridized carbons (Fsp3) is 0.263. The second-order valence-corrected chi connectivity index (χ2v) is 5.92. The van der Waals surface area contributed by atoms with Crippen LogP contribution in [0.1, 0.15) is 12.8 Å². The molecule has 2 aromatic rings. The SMILES string of the molecule is NCCC(=O)NC1CC(=O)N(c2ccc(Oc3ccccc3)cc2)C1. The van der Waals surface area contributed by atoms with E-state index in [4.69, 9.17) is 10.5 Å². The summed E-state index contributed by atoms with van der Waals surface area (Å²) in [5.41, 5.74) is 6.16. The van der Waals surface area contributed by atoms with Crippen molar-refractivity contribution in [3.63, 3.8) is 0 Å². The molecular weight excluding hydrogens is 318 g/mol. The van der Waals surface area contributed by atoms with E-state index in [0.717, 1.165) is 11.4 Å². The highest BCUT2D eigenvalue weighted by atomic mass is 16.5. The Hall–Kier alpha value is -2.86. The van der Waals surface area contributed by atoms with Crippen LogP contribution in [0.5, 0.6) is 11.5 Å². The molecule has 0 spiro atoms. The third-order valence-corrected chi connectivity index (χ3v) is 3.99. The summed E-state index contributed by atoms with van der Waals surface area (Å²) in [4.78, 5) is 25.5. The molecule has 0 aromatic heterocycles. The van der Waals surface area contributed by atoms with Gasteiger partial charge in [0.15, 0.2) is 0 Å². The van der Waals surface area contributed by atoms with E-state index >= 15 is 0 Å². The predicted octanol–water partition coefficient (Wildman–Crippen LogP) is 2.05. The van der Waals surface area contributed by atoms with E-state index in [0.29, 0.717) is 25.3 Å². The van der Waals surface area contributed by atoms with E-state index in [1.807, 2.05) is 54.6 Å². The second kappa shape index (κ2) is 7.81. The molecule has 0 radical (unpaired) electrons. The number of amides is 2.